The van der Waals surface area contributed by atoms with E-state index in [-0.39, 0.29) is 6.04 Å². The van der Waals surface area contributed by atoms with Gasteiger partial charge in [0, 0.05) is 28.6 Å². The van der Waals surface area contributed by atoms with Crippen molar-refractivity contribution in [2.75, 3.05) is 0 Å². The number of nitrogens with two attached hydrogens (primary N) is 1. The molecular weight excluding hydrogens is 278 g/mol. The number of imidazole rings is 1. The molecule has 1 unspecified atom stereocenters. The standard InChI is InChI=1S/C13H16BrN3/c1-2-12(15)8-10-7-11(14)3-4-13(10)17-6-5-16-9-17/h3-7,9,12H,2,8,15H2,1H3. The summed E-state index contributed by atoms with van der Waals surface area (Å²) in [5, 5.41) is 0. The Kier molecular flexibility index (Phi) is 3.97. The Balaban J connectivity index is 2.38. The Morgan fingerprint density at radius 3 is 2.94 bits per heavy atom. The summed E-state index contributed by atoms with van der Waals surface area (Å²) in [5.41, 5.74) is 8.43. The first kappa shape index (κ1) is 12.3. The van der Waals surface area contributed by atoms with Crippen molar-refractivity contribution in [1.82, 2.24) is 9.55 Å². The predicted octanol–water partition coefficient (Wildman–Crippen LogP) is 2.91. The number of hydrogen-bond acceptors (Lipinski definition) is 2. The molecule has 0 bridgehead atoms. The minimum absolute atomic E-state index is 0.201. The van der Waals surface area contributed by atoms with Gasteiger partial charge in [-0.25, -0.2) is 4.98 Å². The molecule has 0 fully saturated rings. The summed E-state index contributed by atoms with van der Waals surface area (Å²) in [6, 6.07) is 6.46. The van der Waals surface area contributed by atoms with E-state index in [1.54, 1.807) is 6.20 Å². The summed E-state index contributed by atoms with van der Waals surface area (Å²) < 4.78 is 3.10. The molecule has 0 saturated carbocycles. The molecule has 1 aromatic carbocycles. The van der Waals surface area contributed by atoms with Gasteiger partial charge in [-0.15, -0.1) is 0 Å². The van der Waals surface area contributed by atoms with Crippen molar-refractivity contribution in [2.24, 2.45) is 5.73 Å². The Morgan fingerprint density at radius 1 is 1.47 bits per heavy atom. The van der Waals surface area contributed by atoms with Crippen LogP contribution in [0.1, 0.15) is 18.9 Å². The van der Waals surface area contributed by atoms with Gasteiger partial charge in [0.2, 0.25) is 0 Å². The maximum Gasteiger partial charge on any atom is 0.0991 e. The lowest BCUT2D eigenvalue weighted by molar-refractivity contribution is 0.644. The van der Waals surface area contributed by atoms with E-state index in [0.717, 1.165) is 23.0 Å². The van der Waals surface area contributed by atoms with Gasteiger partial charge in [0.05, 0.1) is 6.33 Å². The zero-order valence-electron chi connectivity index (χ0n) is 9.81. The van der Waals surface area contributed by atoms with E-state index in [4.69, 9.17) is 5.73 Å². The first-order valence-electron chi connectivity index (χ1n) is 5.73. The third-order valence-electron chi connectivity index (χ3n) is 2.83. The van der Waals surface area contributed by atoms with E-state index in [9.17, 15) is 0 Å². The number of hydrogen-bond donors (Lipinski definition) is 1. The van der Waals surface area contributed by atoms with E-state index in [1.165, 1.54) is 5.56 Å². The predicted molar refractivity (Wildman–Crippen MR) is 73.2 cm³/mol. The van der Waals surface area contributed by atoms with E-state index in [0.29, 0.717) is 0 Å². The lowest BCUT2D eigenvalue weighted by Crippen LogP contribution is -2.22. The molecule has 90 valence electrons. The van der Waals surface area contributed by atoms with E-state index in [2.05, 4.69) is 40.0 Å². The van der Waals surface area contributed by atoms with Gasteiger partial charge in [0.15, 0.2) is 0 Å². The molecule has 2 rings (SSSR count). The SMILES string of the molecule is CCC(N)Cc1cc(Br)ccc1-n1ccnc1. The molecule has 0 aliphatic heterocycles. The molecule has 1 atom stereocenters. The van der Waals surface area contributed by atoms with Gasteiger partial charge in [-0.1, -0.05) is 22.9 Å². The summed E-state index contributed by atoms with van der Waals surface area (Å²) in [7, 11) is 0. The van der Waals surface area contributed by atoms with Crippen molar-refractivity contribution < 1.29 is 0 Å². The smallest absolute Gasteiger partial charge is 0.0991 e. The molecule has 17 heavy (non-hydrogen) atoms. The Labute approximate surface area is 110 Å². The molecule has 0 saturated heterocycles. The monoisotopic (exact) mass is 293 g/mol. The third kappa shape index (κ3) is 2.96. The molecule has 2 aromatic rings. The molecule has 4 heteroatoms. The number of aromatic nitrogens is 2. The number of halogens is 1. The maximum absolute atomic E-state index is 6.04. The zero-order chi connectivity index (χ0) is 12.3. The second kappa shape index (κ2) is 5.47. The van der Waals surface area contributed by atoms with Crippen LogP contribution in [0.25, 0.3) is 5.69 Å². The third-order valence-corrected chi connectivity index (χ3v) is 3.32. The second-order valence-corrected chi connectivity index (χ2v) is 5.03. The van der Waals surface area contributed by atoms with Crippen LogP contribution >= 0.6 is 15.9 Å². The quantitative estimate of drug-likeness (QED) is 0.942. The van der Waals surface area contributed by atoms with Gasteiger partial charge < -0.3 is 10.3 Å². The molecule has 0 aliphatic carbocycles. The first-order valence-corrected chi connectivity index (χ1v) is 6.52. The summed E-state index contributed by atoms with van der Waals surface area (Å²) in [5.74, 6) is 0. The van der Waals surface area contributed by atoms with Crippen LogP contribution < -0.4 is 5.73 Å². The normalized spacial score (nSPS) is 12.6. The highest BCUT2D eigenvalue weighted by Gasteiger charge is 2.08. The molecule has 0 amide bonds. The maximum atomic E-state index is 6.04. The molecule has 1 heterocycles. The van der Waals surface area contributed by atoms with Crippen LogP contribution in [-0.4, -0.2) is 15.6 Å². The Hall–Kier alpha value is -1.13. The highest BCUT2D eigenvalue weighted by atomic mass is 79.9. The van der Waals surface area contributed by atoms with Crippen molar-refractivity contribution in [3.05, 3.63) is 47.0 Å². The van der Waals surface area contributed by atoms with Crippen LogP contribution in [0, 0.1) is 0 Å². The van der Waals surface area contributed by atoms with E-state index < -0.39 is 0 Å². The van der Waals surface area contributed by atoms with Crippen LogP contribution in [0.3, 0.4) is 0 Å². The van der Waals surface area contributed by atoms with Gasteiger partial charge in [0.1, 0.15) is 0 Å². The largest absolute Gasteiger partial charge is 0.327 e. The van der Waals surface area contributed by atoms with Gasteiger partial charge in [-0.2, -0.15) is 0 Å². The summed E-state index contributed by atoms with van der Waals surface area (Å²) >= 11 is 3.51. The number of benzene rings is 1. The Morgan fingerprint density at radius 2 is 2.29 bits per heavy atom. The van der Waals surface area contributed by atoms with Crippen molar-refractivity contribution >= 4 is 15.9 Å². The van der Waals surface area contributed by atoms with Crippen molar-refractivity contribution in [1.29, 1.82) is 0 Å². The van der Waals surface area contributed by atoms with Gasteiger partial charge in [-0.05, 0) is 36.6 Å². The summed E-state index contributed by atoms with van der Waals surface area (Å²) in [6.07, 6.45) is 7.40. The molecule has 1 aromatic heterocycles. The fraction of sp³-hybridized carbons (Fsp3) is 0.308. The average molecular weight is 294 g/mol. The minimum Gasteiger partial charge on any atom is -0.327 e. The highest BCUT2D eigenvalue weighted by Crippen LogP contribution is 2.21. The van der Waals surface area contributed by atoms with Crippen LogP contribution in [0.5, 0.6) is 0 Å². The van der Waals surface area contributed by atoms with E-state index >= 15 is 0 Å². The van der Waals surface area contributed by atoms with Crippen molar-refractivity contribution in [3.63, 3.8) is 0 Å². The number of nitrogens with zero attached hydrogens (tertiary/aromatic N) is 2. The Bertz CT molecular complexity index is 479. The van der Waals surface area contributed by atoms with Crippen LogP contribution in [-0.2, 0) is 6.42 Å². The zero-order valence-corrected chi connectivity index (χ0v) is 11.4. The lowest BCUT2D eigenvalue weighted by atomic mass is 10.0. The first-order chi connectivity index (χ1) is 8.20. The molecule has 0 spiro atoms. The summed E-state index contributed by atoms with van der Waals surface area (Å²) in [6.45, 7) is 2.11. The molecule has 3 nitrogen and oxygen atoms in total. The van der Waals surface area contributed by atoms with Crippen molar-refractivity contribution in [3.8, 4) is 5.69 Å². The topological polar surface area (TPSA) is 43.8 Å². The van der Waals surface area contributed by atoms with Crippen LogP contribution in [0.15, 0.2) is 41.4 Å². The van der Waals surface area contributed by atoms with E-state index in [1.807, 2.05) is 23.2 Å². The second-order valence-electron chi connectivity index (χ2n) is 4.12. The molecule has 0 radical (unpaired) electrons. The minimum atomic E-state index is 0.201. The lowest BCUT2D eigenvalue weighted by Gasteiger charge is -2.14. The van der Waals surface area contributed by atoms with Crippen LogP contribution in [0.4, 0.5) is 0 Å². The summed E-state index contributed by atoms with van der Waals surface area (Å²) in [4.78, 5) is 4.08. The fourth-order valence-corrected chi connectivity index (χ4v) is 2.21. The fourth-order valence-electron chi connectivity index (χ4n) is 1.80. The molecular formula is C13H16BrN3. The van der Waals surface area contributed by atoms with Crippen molar-refractivity contribution in [2.45, 2.75) is 25.8 Å². The van der Waals surface area contributed by atoms with Gasteiger partial charge >= 0.3 is 0 Å². The molecule has 0 aliphatic rings. The highest BCUT2D eigenvalue weighted by molar-refractivity contribution is 9.10. The van der Waals surface area contributed by atoms with Crippen LogP contribution in [0.2, 0.25) is 0 Å². The average Bonchev–Trinajstić information content (AvgIpc) is 2.82. The van der Waals surface area contributed by atoms with Gasteiger partial charge in [0.25, 0.3) is 0 Å². The molecule has 2 N–H and O–H groups in total. The number of rotatable bonds is 4. The van der Waals surface area contributed by atoms with Gasteiger partial charge in [-0.3, -0.25) is 0 Å².